The highest BCUT2D eigenvalue weighted by atomic mass is 35.5. The van der Waals surface area contributed by atoms with Crippen molar-refractivity contribution in [3.8, 4) is 5.88 Å². The molecule has 0 aromatic carbocycles. The van der Waals surface area contributed by atoms with Gasteiger partial charge in [-0.1, -0.05) is 11.6 Å². The predicted molar refractivity (Wildman–Crippen MR) is 70.1 cm³/mol. The Hall–Kier alpha value is -0.940. The fourth-order valence-corrected chi connectivity index (χ4v) is 2.35. The van der Waals surface area contributed by atoms with Crippen molar-refractivity contribution in [1.29, 1.82) is 0 Å². The molecule has 1 atom stereocenters. The van der Waals surface area contributed by atoms with E-state index >= 15 is 0 Å². The molecule has 0 N–H and O–H groups in total. The van der Waals surface area contributed by atoms with Gasteiger partial charge in [0.15, 0.2) is 5.15 Å². The monoisotopic (exact) mass is 272 g/mol. The number of rotatable bonds is 3. The van der Waals surface area contributed by atoms with E-state index in [2.05, 4.69) is 17.6 Å². The highest BCUT2D eigenvalue weighted by molar-refractivity contribution is 7.80. The van der Waals surface area contributed by atoms with Crippen LogP contribution in [0.5, 0.6) is 5.88 Å². The average Bonchev–Trinajstić information content (AvgIpc) is 2.70. The van der Waals surface area contributed by atoms with E-state index in [9.17, 15) is 4.79 Å². The van der Waals surface area contributed by atoms with Crippen LogP contribution in [-0.2, 0) is 4.79 Å². The van der Waals surface area contributed by atoms with Gasteiger partial charge in [-0.3, -0.25) is 4.79 Å². The summed E-state index contributed by atoms with van der Waals surface area (Å²) in [6.07, 6.45) is 0.520. The number of amides is 1. The molecule has 1 saturated heterocycles. The number of halogens is 1. The van der Waals surface area contributed by atoms with Gasteiger partial charge in [-0.25, -0.2) is 0 Å². The third-order valence-corrected chi connectivity index (χ3v) is 3.56. The van der Waals surface area contributed by atoms with Gasteiger partial charge in [0.1, 0.15) is 0 Å². The topological polar surface area (TPSA) is 42.4 Å². The van der Waals surface area contributed by atoms with E-state index in [1.54, 1.807) is 17.0 Å². The first kappa shape index (κ1) is 12.5. The number of thiol groups is 1. The van der Waals surface area contributed by atoms with Gasteiger partial charge in [-0.2, -0.15) is 17.6 Å². The SMILES string of the molecule is COc1ccc(N2CC(CS)CC2=O)c(Cl)n1. The summed E-state index contributed by atoms with van der Waals surface area (Å²) < 4.78 is 4.97. The van der Waals surface area contributed by atoms with Crippen molar-refractivity contribution in [2.24, 2.45) is 5.92 Å². The van der Waals surface area contributed by atoms with Crippen molar-refractivity contribution in [1.82, 2.24) is 4.98 Å². The Morgan fingerprint density at radius 2 is 2.41 bits per heavy atom. The Morgan fingerprint density at radius 1 is 1.65 bits per heavy atom. The molecular weight excluding hydrogens is 260 g/mol. The van der Waals surface area contributed by atoms with Crippen LogP contribution in [0.25, 0.3) is 0 Å². The molecule has 2 rings (SSSR count). The van der Waals surface area contributed by atoms with Crippen LogP contribution >= 0.6 is 24.2 Å². The van der Waals surface area contributed by atoms with E-state index in [-0.39, 0.29) is 17.0 Å². The highest BCUT2D eigenvalue weighted by Crippen LogP contribution is 2.31. The lowest BCUT2D eigenvalue weighted by Crippen LogP contribution is -2.25. The Labute approximate surface area is 110 Å². The molecule has 1 aliphatic heterocycles. The summed E-state index contributed by atoms with van der Waals surface area (Å²) in [6, 6.07) is 3.45. The zero-order valence-corrected chi connectivity index (χ0v) is 11.0. The molecule has 0 saturated carbocycles. The van der Waals surface area contributed by atoms with Crippen LogP contribution in [0.15, 0.2) is 12.1 Å². The van der Waals surface area contributed by atoms with Gasteiger partial charge in [0.2, 0.25) is 11.8 Å². The van der Waals surface area contributed by atoms with E-state index in [1.165, 1.54) is 7.11 Å². The molecule has 1 unspecified atom stereocenters. The van der Waals surface area contributed by atoms with Crippen LogP contribution in [0.2, 0.25) is 5.15 Å². The summed E-state index contributed by atoms with van der Waals surface area (Å²) in [5.74, 6) is 1.49. The second kappa shape index (κ2) is 5.14. The van der Waals surface area contributed by atoms with Crippen LogP contribution in [-0.4, -0.2) is 30.3 Å². The minimum absolute atomic E-state index is 0.0675. The zero-order chi connectivity index (χ0) is 12.4. The minimum atomic E-state index is 0.0675. The first-order valence-electron chi connectivity index (χ1n) is 5.27. The molecule has 17 heavy (non-hydrogen) atoms. The maximum absolute atomic E-state index is 11.8. The van der Waals surface area contributed by atoms with E-state index in [0.717, 1.165) is 0 Å². The van der Waals surface area contributed by atoms with E-state index in [1.807, 2.05) is 0 Å². The number of hydrogen-bond donors (Lipinski definition) is 1. The second-order valence-electron chi connectivity index (χ2n) is 3.92. The number of carbonyl (C=O) groups is 1. The number of nitrogens with zero attached hydrogens (tertiary/aromatic N) is 2. The van der Waals surface area contributed by atoms with Gasteiger partial charge in [-0.05, 0) is 17.7 Å². The van der Waals surface area contributed by atoms with Crippen molar-refractivity contribution in [2.45, 2.75) is 6.42 Å². The fourth-order valence-electron chi connectivity index (χ4n) is 1.86. The van der Waals surface area contributed by atoms with Gasteiger partial charge < -0.3 is 9.64 Å². The third-order valence-electron chi connectivity index (χ3n) is 2.77. The molecule has 92 valence electrons. The molecule has 6 heteroatoms. The molecular formula is C11H13ClN2O2S. The maximum atomic E-state index is 11.8. The lowest BCUT2D eigenvalue weighted by molar-refractivity contribution is -0.117. The number of methoxy groups -OCH3 is 1. The van der Waals surface area contributed by atoms with Crippen LogP contribution in [0.3, 0.4) is 0 Å². The molecule has 0 bridgehead atoms. The van der Waals surface area contributed by atoms with Crippen molar-refractivity contribution >= 4 is 35.8 Å². The Kier molecular flexibility index (Phi) is 3.79. The van der Waals surface area contributed by atoms with E-state index in [4.69, 9.17) is 16.3 Å². The second-order valence-corrected chi connectivity index (χ2v) is 4.64. The maximum Gasteiger partial charge on any atom is 0.227 e. The van der Waals surface area contributed by atoms with E-state index < -0.39 is 0 Å². The fraction of sp³-hybridized carbons (Fsp3) is 0.455. The van der Waals surface area contributed by atoms with Crippen LogP contribution in [0, 0.1) is 5.92 Å². The predicted octanol–water partition coefficient (Wildman–Crippen LogP) is 2.03. The molecule has 2 heterocycles. The van der Waals surface area contributed by atoms with Crippen LogP contribution < -0.4 is 9.64 Å². The van der Waals surface area contributed by atoms with Crippen LogP contribution in [0.4, 0.5) is 5.69 Å². The summed E-state index contributed by atoms with van der Waals surface area (Å²) in [4.78, 5) is 17.5. The lowest BCUT2D eigenvalue weighted by Gasteiger charge is -2.17. The number of hydrogen-bond acceptors (Lipinski definition) is 4. The number of anilines is 1. The van der Waals surface area contributed by atoms with Crippen molar-refractivity contribution in [3.63, 3.8) is 0 Å². The molecule has 0 radical (unpaired) electrons. The summed E-state index contributed by atoms with van der Waals surface area (Å²) in [5.41, 5.74) is 0.641. The van der Waals surface area contributed by atoms with Gasteiger partial charge >= 0.3 is 0 Å². The van der Waals surface area contributed by atoms with Crippen molar-refractivity contribution in [3.05, 3.63) is 17.3 Å². The Balaban J connectivity index is 2.26. The van der Waals surface area contributed by atoms with E-state index in [0.29, 0.717) is 30.3 Å². The Morgan fingerprint density at radius 3 is 2.94 bits per heavy atom. The largest absolute Gasteiger partial charge is 0.481 e. The highest BCUT2D eigenvalue weighted by Gasteiger charge is 2.31. The number of ether oxygens (including phenoxy) is 1. The molecule has 1 aromatic heterocycles. The first-order chi connectivity index (χ1) is 8.15. The molecule has 1 aliphatic rings. The van der Waals surface area contributed by atoms with Crippen LogP contribution in [0.1, 0.15) is 6.42 Å². The van der Waals surface area contributed by atoms with Gasteiger partial charge in [0.05, 0.1) is 12.8 Å². The Bertz CT molecular complexity index is 441. The zero-order valence-electron chi connectivity index (χ0n) is 9.39. The molecule has 1 aromatic rings. The summed E-state index contributed by atoms with van der Waals surface area (Å²) in [6.45, 7) is 0.649. The minimum Gasteiger partial charge on any atom is -0.481 e. The van der Waals surface area contributed by atoms with Gasteiger partial charge in [-0.15, -0.1) is 0 Å². The quantitative estimate of drug-likeness (QED) is 0.676. The third kappa shape index (κ3) is 2.50. The molecule has 1 amide bonds. The summed E-state index contributed by atoms with van der Waals surface area (Å²) in [7, 11) is 1.52. The smallest absolute Gasteiger partial charge is 0.227 e. The summed E-state index contributed by atoms with van der Waals surface area (Å²) in [5, 5.41) is 0.289. The average molecular weight is 273 g/mol. The number of carbonyl (C=O) groups excluding carboxylic acids is 1. The molecule has 0 spiro atoms. The standard InChI is InChI=1S/C11H13ClN2O2S/c1-16-9-3-2-8(11(12)13-9)14-5-7(6-17)4-10(14)15/h2-3,7,17H,4-6H2,1H3. The normalized spacial score (nSPS) is 19.8. The molecule has 4 nitrogen and oxygen atoms in total. The molecule has 1 fully saturated rings. The number of pyridine rings is 1. The van der Waals surface area contributed by atoms with Gasteiger partial charge in [0.25, 0.3) is 0 Å². The summed E-state index contributed by atoms with van der Waals surface area (Å²) >= 11 is 10.3. The van der Waals surface area contributed by atoms with Crippen molar-refractivity contribution < 1.29 is 9.53 Å². The number of aromatic nitrogens is 1. The first-order valence-corrected chi connectivity index (χ1v) is 6.28. The molecule has 0 aliphatic carbocycles. The van der Waals surface area contributed by atoms with Crippen molar-refractivity contribution in [2.75, 3.05) is 24.3 Å². The lowest BCUT2D eigenvalue weighted by atomic mass is 10.1. The van der Waals surface area contributed by atoms with Gasteiger partial charge in [0, 0.05) is 19.0 Å².